The van der Waals surface area contributed by atoms with Crippen LogP contribution in [-0.4, -0.2) is 98.4 Å². The molecule has 0 atom stereocenters. The van der Waals surface area contributed by atoms with Gasteiger partial charge in [-0.3, -0.25) is 19.5 Å². The Kier molecular flexibility index (Phi) is 12.0. The molecule has 2 aliphatic heterocycles. The Balaban J connectivity index is 0.00000450. The molecule has 30 heavy (non-hydrogen) atoms. The second-order valence-corrected chi connectivity index (χ2v) is 8.69. The molecule has 0 aromatic heterocycles. The number of halogens is 1. The summed E-state index contributed by atoms with van der Waals surface area (Å²) in [7, 11) is 1.66. The SMILES string of the molecule is CCNC(=NCC(C)(C)C(=O)NC)N1CCN(CC(=O)N2CCCCCC2)CC1.I. The molecule has 174 valence electrons. The fourth-order valence-electron chi connectivity index (χ4n) is 3.84. The van der Waals surface area contributed by atoms with Crippen molar-refractivity contribution in [2.24, 2.45) is 10.4 Å². The van der Waals surface area contributed by atoms with Crippen LogP contribution in [0, 0.1) is 5.41 Å². The minimum atomic E-state index is -0.545. The lowest BCUT2D eigenvalue weighted by Gasteiger charge is -2.37. The third kappa shape index (κ3) is 8.20. The van der Waals surface area contributed by atoms with Crippen LogP contribution in [0.25, 0.3) is 0 Å². The molecule has 2 aliphatic rings. The zero-order chi connectivity index (χ0) is 21.3. The minimum absolute atomic E-state index is 0. The van der Waals surface area contributed by atoms with E-state index < -0.39 is 5.41 Å². The molecule has 0 aromatic carbocycles. The van der Waals surface area contributed by atoms with Crippen LogP contribution >= 0.6 is 24.0 Å². The molecule has 2 rings (SSSR count). The fourth-order valence-corrected chi connectivity index (χ4v) is 3.84. The van der Waals surface area contributed by atoms with E-state index in [1.54, 1.807) is 7.05 Å². The van der Waals surface area contributed by atoms with E-state index in [4.69, 9.17) is 4.99 Å². The minimum Gasteiger partial charge on any atom is -0.359 e. The highest BCUT2D eigenvalue weighted by atomic mass is 127. The molecule has 9 heteroatoms. The predicted octanol–water partition coefficient (Wildman–Crippen LogP) is 1.36. The van der Waals surface area contributed by atoms with Gasteiger partial charge in [0.1, 0.15) is 0 Å². The molecule has 0 unspecified atom stereocenters. The van der Waals surface area contributed by atoms with Crippen LogP contribution in [0.5, 0.6) is 0 Å². The summed E-state index contributed by atoms with van der Waals surface area (Å²) >= 11 is 0. The van der Waals surface area contributed by atoms with Gasteiger partial charge in [-0.2, -0.15) is 0 Å². The molecule has 0 aromatic rings. The van der Waals surface area contributed by atoms with Crippen LogP contribution in [0.1, 0.15) is 46.5 Å². The third-order valence-electron chi connectivity index (χ3n) is 5.79. The first-order chi connectivity index (χ1) is 13.9. The monoisotopic (exact) mass is 536 g/mol. The average Bonchev–Trinajstić information content (AvgIpc) is 3.01. The molecule has 2 saturated heterocycles. The summed E-state index contributed by atoms with van der Waals surface area (Å²) in [6.07, 6.45) is 4.75. The van der Waals surface area contributed by atoms with Crippen molar-refractivity contribution in [2.75, 3.05) is 66.0 Å². The maximum absolute atomic E-state index is 12.6. The van der Waals surface area contributed by atoms with Gasteiger partial charge in [0.15, 0.2) is 5.96 Å². The molecule has 2 fully saturated rings. The number of hydrogen-bond donors (Lipinski definition) is 2. The maximum Gasteiger partial charge on any atom is 0.236 e. The van der Waals surface area contributed by atoms with E-state index in [-0.39, 0.29) is 35.8 Å². The molecule has 2 amide bonds. The Labute approximate surface area is 199 Å². The van der Waals surface area contributed by atoms with Crippen LogP contribution in [-0.2, 0) is 9.59 Å². The van der Waals surface area contributed by atoms with Gasteiger partial charge in [-0.1, -0.05) is 12.8 Å². The molecule has 0 spiro atoms. The van der Waals surface area contributed by atoms with Crippen molar-refractivity contribution in [3.63, 3.8) is 0 Å². The van der Waals surface area contributed by atoms with E-state index >= 15 is 0 Å². The van der Waals surface area contributed by atoms with Crippen molar-refractivity contribution in [3.8, 4) is 0 Å². The van der Waals surface area contributed by atoms with Gasteiger partial charge < -0.3 is 20.4 Å². The Morgan fingerprint density at radius 1 is 0.933 bits per heavy atom. The van der Waals surface area contributed by atoms with E-state index in [9.17, 15) is 9.59 Å². The van der Waals surface area contributed by atoms with E-state index in [0.29, 0.717) is 13.1 Å². The average molecular weight is 537 g/mol. The number of piperazine rings is 1. The van der Waals surface area contributed by atoms with Crippen LogP contribution in [0.15, 0.2) is 4.99 Å². The molecule has 2 heterocycles. The van der Waals surface area contributed by atoms with Crippen molar-refractivity contribution in [2.45, 2.75) is 46.5 Å². The summed E-state index contributed by atoms with van der Waals surface area (Å²) in [4.78, 5) is 35.9. The number of guanidine groups is 1. The number of likely N-dealkylation sites (tertiary alicyclic amines) is 1. The van der Waals surface area contributed by atoms with Crippen molar-refractivity contribution >= 4 is 41.8 Å². The summed E-state index contributed by atoms with van der Waals surface area (Å²) in [5, 5.41) is 6.06. The zero-order valence-electron chi connectivity index (χ0n) is 19.2. The predicted molar refractivity (Wildman–Crippen MR) is 132 cm³/mol. The largest absolute Gasteiger partial charge is 0.359 e. The van der Waals surface area contributed by atoms with Crippen molar-refractivity contribution in [3.05, 3.63) is 0 Å². The van der Waals surface area contributed by atoms with Gasteiger partial charge in [0, 0.05) is 52.9 Å². The topological polar surface area (TPSA) is 80.3 Å². The Morgan fingerprint density at radius 2 is 1.53 bits per heavy atom. The van der Waals surface area contributed by atoms with E-state index in [1.165, 1.54) is 12.8 Å². The molecule has 0 saturated carbocycles. The third-order valence-corrected chi connectivity index (χ3v) is 5.79. The molecule has 8 nitrogen and oxygen atoms in total. The van der Waals surface area contributed by atoms with Crippen molar-refractivity contribution in [1.29, 1.82) is 0 Å². The number of nitrogens with zero attached hydrogens (tertiary/aromatic N) is 4. The molecular weight excluding hydrogens is 495 g/mol. The standard InChI is InChI=1S/C21H40N6O2.HI/c1-5-23-20(24-17-21(2,3)19(29)22-4)27-14-12-25(13-15-27)16-18(28)26-10-8-6-7-9-11-26;/h5-17H2,1-4H3,(H,22,29)(H,23,24);1H. The quantitative estimate of drug-likeness (QED) is 0.305. The highest BCUT2D eigenvalue weighted by molar-refractivity contribution is 14.0. The number of carbonyl (C=O) groups excluding carboxylic acids is 2. The molecule has 2 N–H and O–H groups in total. The fraction of sp³-hybridized carbons (Fsp3) is 0.857. The highest BCUT2D eigenvalue weighted by Gasteiger charge is 2.28. The van der Waals surface area contributed by atoms with Gasteiger partial charge in [0.25, 0.3) is 0 Å². The molecule has 0 radical (unpaired) electrons. The first kappa shape index (κ1) is 26.9. The van der Waals surface area contributed by atoms with Gasteiger partial charge in [0.2, 0.25) is 11.8 Å². The first-order valence-electron chi connectivity index (χ1n) is 11.1. The van der Waals surface area contributed by atoms with Crippen LogP contribution < -0.4 is 10.6 Å². The van der Waals surface area contributed by atoms with E-state index in [0.717, 1.165) is 64.6 Å². The number of aliphatic imine (C=N–C) groups is 1. The molecule has 0 aliphatic carbocycles. The summed E-state index contributed by atoms with van der Waals surface area (Å²) < 4.78 is 0. The Hall–Kier alpha value is -1.10. The smallest absolute Gasteiger partial charge is 0.236 e. The lowest BCUT2D eigenvalue weighted by atomic mass is 9.93. The van der Waals surface area contributed by atoms with E-state index in [2.05, 4.69) is 27.4 Å². The zero-order valence-corrected chi connectivity index (χ0v) is 21.5. The highest BCUT2D eigenvalue weighted by Crippen LogP contribution is 2.16. The first-order valence-corrected chi connectivity index (χ1v) is 11.1. The van der Waals surface area contributed by atoms with Gasteiger partial charge in [0.05, 0.1) is 18.5 Å². The second-order valence-electron chi connectivity index (χ2n) is 8.69. The van der Waals surface area contributed by atoms with Crippen molar-refractivity contribution < 1.29 is 9.59 Å². The van der Waals surface area contributed by atoms with Crippen LogP contribution in [0.3, 0.4) is 0 Å². The maximum atomic E-state index is 12.6. The lowest BCUT2D eigenvalue weighted by molar-refractivity contribution is -0.132. The number of rotatable bonds is 6. The summed E-state index contributed by atoms with van der Waals surface area (Å²) in [5.41, 5.74) is -0.545. The van der Waals surface area contributed by atoms with Gasteiger partial charge >= 0.3 is 0 Å². The van der Waals surface area contributed by atoms with Crippen LogP contribution in [0.2, 0.25) is 0 Å². The number of hydrogen-bond acceptors (Lipinski definition) is 4. The van der Waals surface area contributed by atoms with Crippen molar-refractivity contribution in [1.82, 2.24) is 25.3 Å². The number of amides is 2. The number of nitrogens with one attached hydrogen (secondary N) is 2. The summed E-state index contributed by atoms with van der Waals surface area (Å²) in [6.45, 7) is 12.8. The van der Waals surface area contributed by atoms with E-state index in [1.807, 2.05) is 18.7 Å². The molecule has 0 bridgehead atoms. The summed E-state index contributed by atoms with van der Waals surface area (Å²) in [6, 6.07) is 0. The van der Waals surface area contributed by atoms with Gasteiger partial charge in [-0.25, -0.2) is 0 Å². The second kappa shape index (κ2) is 13.3. The Morgan fingerprint density at radius 3 is 2.07 bits per heavy atom. The van der Waals surface area contributed by atoms with Gasteiger partial charge in [-0.05, 0) is 33.6 Å². The van der Waals surface area contributed by atoms with Gasteiger partial charge in [-0.15, -0.1) is 24.0 Å². The lowest BCUT2D eigenvalue weighted by Crippen LogP contribution is -2.54. The normalized spacial score (nSPS) is 19.0. The number of carbonyl (C=O) groups is 2. The summed E-state index contributed by atoms with van der Waals surface area (Å²) in [5.74, 6) is 1.12. The molecular formula is C21H41IN6O2. The van der Waals surface area contributed by atoms with Crippen LogP contribution in [0.4, 0.5) is 0 Å². The Bertz CT molecular complexity index is 568.